The number of nitrogens with zero attached hydrogens (tertiary/aromatic N) is 2. The normalized spacial score (nSPS) is 21.5. The fourth-order valence-corrected chi connectivity index (χ4v) is 4.33. The van der Waals surface area contributed by atoms with Crippen molar-refractivity contribution in [1.82, 2.24) is 14.9 Å². The summed E-state index contributed by atoms with van der Waals surface area (Å²) in [6.45, 7) is 5.04. The summed E-state index contributed by atoms with van der Waals surface area (Å²) in [7, 11) is 0. The number of nitrogens with one attached hydrogen (secondary N) is 1. The van der Waals surface area contributed by atoms with Crippen molar-refractivity contribution in [1.29, 1.82) is 0 Å². The molecular weight excluding hydrogens is 330 g/mol. The molecule has 1 spiro atoms. The second kappa shape index (κ2) is 6.50. The number of rotatable bonds is 3. The molecule has 1 unspecified atom stereocenters. The Morgan fingerprint density at radius 2 is 2.15 bits per heavy atom. The number of carbonyl (C=O) groups excluding carboxylic acids is 1. The fourth-order valence-electron chi connectivity index (χ4n) is 4.33. The van der Waals surface area contributed by atoms with Crippen LogP contribution in [0.3, 0.4) is 0 Å². The van der Waals surface area contributed by atoms with E-state index in [4.69, 9.17) is 4.74 Å². The Balaban J connectivity index is 1.62. The maximum absolute atomic E-state index is 12.8. The number of amides is 1. The molecule has 1 saturated heterocycles. The van der Waals surface area contributed by atoms with Crippen LogP contribution in [0.25, 0.3) is 11.0 Å². The lowest BCUT2D eigenvalue weighted by atomic mass is 9.96. The summed E-state index contributed by atoms with van der Waals surface area (Å²) in [6.07, 6.45) is 7.01. The average molecular weight is 355 g/mol. The first-order valence-corrected chi connectivity index (χ1v) is 9.47. The van der Waals surface area contributed by atoms with E-state index in [-0.39, 0.29) is 28.5 Å². The Kier molecular flexibility index (Phi) is 4.31. The topological polar surface area (TPSA) is 73.2 Å². The predicted molar refractivity (Wildman–Crippen MR) is 99.4 cm³/mol. The van der Waals surface area contributed by atoms with Crippen molar-refractivity contribution >= 4 is 16.9 Å². The summed E-state index contributed by atoms with van der Waals surface area (Å²) in [4.78, 5) is 30.1. The van der Waals surface area contributed by atoms with E-state index in [2.05, 4.69) is 10.3 Å². The van der Waals surface area contributed by atoms with Gasteiger partial charge in [-0.15, -0.1) is 0 Å². The number of fused-ring (bicyclic) bond motifs is 1. The summed E-state index contributed by atoms with van der Waals surface area (Å²) in [5, 5.41) is 3.50. The molecule has 1 N–H and O–H groups in total. The van der Waals surface area contributed by atoms with Crippen molar-refractivity contribution < 1.29 is 9.53 Å². The third-order valence-corrected chi connectivity index (χ3v) is 5.71. The van der Waals surface area contributed by atoms with Gasteiger partial charge < -0.3 is 14.6 Å². The Labute approximate surface area is 152 Å². The molecule has 6 nitrogen and oxygen atoms in total. The Hall–Kier alpha value is -2.21. The molecule has 2 fully saturated rings. The van der Waals surface area contributed by atoms with E-state index in [1.807, 2.05) is 18.4 Å². The molecule has 1 saturated carbocycles. The SMILES string of the molecule is CCn1cc(C(=O)NC2COC3(CCCC3)C2)c(=O)c2ccc(C)nc21. The zero-order chi connectivity index (χ0) is 18.3. The van der Waals surface area contributed by atoms with Crippen LogP contribution in [0.4, 0.5) is 0 Å². The van der Waals surface area contributed by atoms with Crippen LogP contribution in [0.5, 0.6) is 0 Å². The van der Waals surface area contributed by atoms with Gasteiger partial charge in [0, 0.05) is 18.4 Å². The molecule has 2 aliphatic rings. The summed E-state index contributed by atoms with van der Waals surface area (Å²) in [6, 6.07) is 3.54. The standard InChI is InChI=1S/C20H25N3O3/c1-3-23-11-16(17(24)15-7-6-13(2)21-18(15)23)19(25)22-14-10-20(26-12-14)8-4-5-9-20/h6-7,11,14H,3-5,8-10,12H2,1-2H3,(H,22,25). The quantitative estimate of drug-likeness (QED) is 0.918. The lowest BCUT2D eigenvalue weighted by molar-refractivity contribution is 0.00987. The molecular formula is C20H25N3O3. The Morgan fingerprint density at radius 1 is 1.38 bits per heavy atom. The van der Waals surface area contributed by atoms with E-state index in [0.717, 1.165) is 25.0 Å². The molecule has 1 amide bonds. The monoisotopic (exact) mass is 355 g/mol. The highest BCUT2D eigenvalue weighted by atomic mass is 16.5. The van der Waals surface area contributed by atoms with Gasteiger partial charge in [0.15, 0.2) is 0 Å². The molecule has 3 heterocycles. The molecule has 0 aromatic carbocycles. The molecule has 26 heavy (non-hydrogen) atoms. The number of aromatic nitrogens is 2. The van der Waals surface area contributed by atoms with Crippen molar-refractivity contribution in [3.8, 4) is 0 Å². The van der Waals surface area contributed by atoms with Crippen molar-refractivity contribution in [3.63, 3.8) is 0 Å². The number of aryl methyl sites for hydroxylation is 2. The van der Waals surface area contributed by atoms with Crippen molar-refractivity contribution in [2.75, 3.05) is 6.61 Å². The first kappa shape index (κ1) is 17.2. The Morgan fingerprint density at radius 3 is 2.88 bits per heavy atom. The van der Waals surface area contributed by atoms with Crippen molar-refractivity contribution in [2.45, 2.75) is 64.1 Å². The van der Waals surface area contributed by atoms with Gasteiger partial charge in [0.25, 0.3) is 5.91 Å². The Bertz CT molecular complexity index is 912. The van der Waals surface area contributed by atoms with Gasteiger partial charge in [-0.05, 0) is 45.2 Å². The van der Waals surface area contributed by atoms with E-state index in [1.54, 1.807) is 18.3 Å². The minimum atomic E-state index is -0.316. The molecule has 2 aromatic heterocycles. The van der Waals surface area contributed by atoms with E-state index in [1.165, 1.54) is 12.8 Å². The first-order valence-electron chi connectivity index (χ1n) is 9.47. The predicted octanol–water partition coefficient (Wildman–Crippen LogP) is 2.56. The smallest absolute Gasteiger partial charge is 0.257 e. The van der Waals surface area contributed by atoms with Crippen LogP contribution in [0.1, 0.15) is 55.1 Å². The van der Waals surface area contributed by atoms with Gasteiger partial charge in [-0.3, -0.25) is 9.59 Å². The second-order valence-electron chi connectivity index (χ2n) is 7.56. The van der Waals surface area contributed by atoms with E-state index < -0.39 is 0 Å². The van der Waals surface area contributed by atoms with E-state index in [9.17, 15) is 9.59 Å². The van der Waals surface area contributed by atoms with E-state index >= 15 is 0 Å². The molecule has 0 bridgehead atoms. The zero-order valence-corrected chi connectivity index (χ0v) is 15.4. The number of pyridine rings is 2. The van der Waals surface area contributed by atoms with Crippen LogP contribution in [-0.2, 0) is 11.3 Å². The van der Waals surface area contributed by atoms with Gasteiger partial charge in [0.2, 0.25) is 5.43 Å². The van der Waals surface area contributed by atoms with Gasteiger partial charge in [0.05, 0.1) is 23.6 Å². The van der Waals surface area contributed by atoms with Crippen molar-refractivity contribution in [3.05, 3.63) is 39.8 Å². The lowest BCUT2D eigenvalue weighted by Gasteiger charge is -2.21. The zero-order valence-electron chi connectivity index (χ0n) is 15.4. The third-order valence-electron chi connectivity index (χ3n) is 5.71. The van der Waals surface area contributed by atoms with Crippen LogP contribution >= 0.6 is 0 Å². The minimum Gasteiger partial charge on any atom is -0.373 e. The lowest BCUT2D eigenvalue weighted by Crippen LogP contribution is -2.38. The second-order valence-corrected chi connectivity index (χ2v) is 7.56. The van der Waals surface area contributed by atoms with Crippen LogP contribution in [0.15, 0.2) is 23.1 Å². The van der Waals surface area contributed by atoms with Crippen LogP contribution in [0, 0.1) is 6.92 Å². The summed E-state index contributed by atoms with van der Waals surface area (Å²) in [5.74, 6) is -0.316. The molecule has 138 valence electrons. The van der Waals surface area contributed by atoms with Gasteiger partial charge >= 0.3 is 0 Å². The van der Waals surface area contributed by atoms with Crippen LogP contribution in [0.2, 0.25) is 0 Å². The summed E-state index contributed by atoms with van der Waals surface area (Å²) in [5.41, 5.74) is 1.35. The van der Waals surface area contributed by atoms with Gasteiger partial charge in [-0.1, -0.05) is 12.8 Å². The van der Waals surface area contributed by atoms with Crippen LogP contribution in [-0.4, -0.2) is 33.7 Å². The van der Waals surface area contributed by atoms with Gasteiger partial charge in [-0.25, -0.2) is 4.98 Å². The molecule has 2 aromatic rings. The van der Waals surface area contributed by atoms with Crippen molar-refractivity contribution in [2.24, 2.45) is 0 Å². The summed E-state index contributed by atoms with van der Waals surface area (Å²) >= 11 is 0. The molecule has 0 radical (unpaired) electrons. The molecule has 1 aliphatic heterocycles. The highest BCUT2D eigenvalue weighted by Crippen LogP contribution is 2.40. The van der Waals surface area contributed by atoms with Crippen LogP contribution < -0.4 is 10.7 Å². The van der Waals surface area contributed by atoms with Gasteiger partial charge in [0.1, 0.15) is 11.2 Å². The third kappa shape index (κ3) is 2.92. The summed E-state index contributed by atoms with van der Waals surface area (Å²) < 4.78 is 7.86. The number of ether oxygens (including phenoxy) is 1. The highest BCUT2D eigenvalue weighted by Gasteiger charge is 2.43. The maximum atomic E-state index is 12.8. The maximum Gasteiger partial charge on any atom is 0.257 e. The number of carbonyl (C=O) groups is 1. The first-order chi connectivity index (χ1) is 12.5. The number of hydrogen-bond acceptors (Lipinski definition) is 4. The molecule has 6 heteroatoms. The molecule has 4 rings (SSSR count). The number of hydrogen-bond donors (Lipinski definition) is 1. The largest absolute Gasteiger partial charge is 0.373 e. The average Bonchev–Trinajstić information content (AvgIpc) is 3.25. The van der Waals surface area contributed by atoms with E-state index in [0.29, 0.717) is 24.2 Å². The fraction of sp³-hybridized carbons (Fsp3) is 0.550. The highest BCUT2D eigenvalue weighted by molar-refractivity contribution is 5.97. The minimum absolute atomic E-state index is 0.0260. The van der Waals surface area contributed by atoms with Gasteiger partial charge in [-0.2, -0.15) is 0 Å². The molecule has 1 aliphatic carbocycles. The molecule has 1 atom stereocenters.